The Labute approximate surface area is 121 Å². The molecule has 0 radical (unpaired) electrons. The normalized spacial score (nSPS) is 15.1. The number of anilines is 1. The van der Waals surface area contributed by atoms with E-state index in [2.05, 4.69) is 10.1 Å². The van der Waals surface area contributed by atoms with Gasteiger partial charge in [0.25, 0.3) is 0 Å². The highest BCUT2D eigenvalue weighted by Gasteiger charge is 2.20. The van der Waals surface area contributed by atoms with Gasteiger partial charge in [-0.15, -0.1) is 0 Å². The SMILES string of the molecule is COC(=O)COCC(N)c1cc2c(cc1F)NC(=O)CC2. The van der Waals surface area contributed by atoms with E-state index in [-0.39, 0.29) is 19.1 Å². The van der Waals surface area contributed by atoms with E-state index < -0.39 is 17.8 Å². The van der Waals surface area contributed by atoms with Gasteiger partial charge in [0.1, 0.15) is 12.4 Å². The molecule has 1 atom stereocenters. The Morgan fingerprint density at radius 3 is 2.95 bits per heavy atom. The van der Waals surface area contributed by atoms with E-state index >= 15 is 0 Å². The number of halogens is 1. The van der Waals surface area contributed by atoms with Crippen LogP contribution in [0.15, 0.2) is 12.1 Å². The zero-order valence-electron chi connectivity index (χ0n) is 11.6. The van der Waals surface area contributed by atoms with E-state index in [0.29, 0.717) is 24.1 Å². The molecule has 1 aromatic rings. The van der Waals surface area contributed by atoms with Crippen LogP contribution in [-0.2, 0) is 25.5 Å². The fourth-order valence-electron chi connectivity index (χ4n) is 2.12. The number of nitrogens with one attached hydrogen (secondary N) is 1. The predicted octanol–water partition coefficient (Wildman–Crippen LogP) is 0.900. The second kappa shape index (κ2) is 6.64. The standard InChI is InChI=1S/C14H17FN2O4/c1-20-14(19)7-21-6-11(16)9-4-8-2-3-13(18)17-12(8)5-10(9)15/h4-5,11H,2-3,6-7,16H2,1H3,(H,17,18). The van der Waals surface area contributed by atoms with Gasteiger partial charge in [-0.2, -0.15) is 0 Å². The van der Waals surface area contributed by atoms with Gasteiger partial charge >= 0.3 is 5.97 Å². The van der Waals surface area contributed by atoms with Crippen molar-refractivity contribution in [3.8, 4) is 0 Å². The first-order chi connectivity index (χ1) is 10.0. The van der Waals surface area contributed by atoms with E-state index in [4.69, 9.17) is 10.5 Å². The largest absolute Gasteiger partial charge is 0.467 e. The number of hydrogen-bond acceptors (Lipinski definition) is 5. The summed E-state index contributed by atoms with van der Waals surface area (Å²) in [5.41, 5.74) is 7.50. The third-order valence-electron chi connectivity index (χ3n) is 3.26. The van der Waals surface area contributed by atoms with Crippen molar-refractivity contribution >= 4 is 17.6 Å². The maximum Gasteiger partial charge on any atom is 0.331 e. The molecule has 6 nitrogen and oxygen atoms in total. The molecule has 7 heteroatoms. The smallest absolute Gasteiger partial charge is 0.331 e. The zero-order valence-corrected chi connectivity index (χ0v) is 11.6. The van der Waals surface area contributed by atoms with Crippen LogP contribution in [0.4, 0.5) is 10.1 Å². The lowest BCUT2D eigenvalue weighted by Crippen LogP contribution is -2.23. The summed E-state index contributed by atoms with van der Waals surface area (Å²) in [6, 6.07) is 2.20. The molecule has 1 unspecified atom stereocenters. The van der Waals surface area contributed by atoms with Gasteiger partial charge in [-0.3, -0.25) is 4.79 Å². The van der Waals surface area contributed by atoms with Gasteiger partial charge in [0.2, 0.25) is 5.91 Å². The molecular weight excluding hydrogens is 279 g/mol. The molecule has 1 amide bonds. The molecule has 2 rings (SSSR count). The molecule has 0 fully saturated rings. The minimum Gasteiger partial charge on any atom is -0.467 e. The average Bonchev–Trinajstić information content (AvgIpc) is 2.45. The average molecular weight is 296 g/mol. The van der Waals surface area contributed by atoms with Crippen molar-refractivity contribution in [1.82, 2.24) is 0 Å². The third kappa shape index (κ3) is 3.77. The number of fused-ring (bicyclic) bond motifs is 1. The number of amides is 1. The summed E-state index contributed by atoms with van der Waals surface area (Å²) in [4.78, 5) is 22.2. The Morgan fingerprint density at radius 2 is 2.24 bits per heavy atom. The van der Waals surface area contributed by atoms with Crippen molar-refractivity contribution in [2.24, 2.45) is 5.73 Å². The molecule has 1 aliphatic heterocycles. The van der Waals surface area contributed by atoms with Crippen LogP contribution >= 0.6 is 0 Å². The lowest BCUT2D eigenvalue weighted by molar-refractivity contribution is -0.146. The van der Waals surface area contributed by atoms with E-state index in [1.807, 2.05) is 0 Å². The maximum atomic E-state index is 14.0. The minimum atomic E-state index is -0.697. The van der Waals surface area contributed by atoms with Crippen LogP contribution < -0.4 is 11.1 Å². The quantitative estimate of drug-likeness (QED) is 0.788. The molecule has 3 N–H and O–H groups in total. The maximum absolute atomic E-state index is 14.0. The molecule has 0 spiro atoms. The van der Waals surface area contributed by atoms with Crippen molar-refractivity contribution in [2.75, 3.05) is 25.6 Å². The molecule has 0 bridgehead atoms. The number of carbonyl (C=O) groups excluding carboxylic acids is 2. The second-order valence-corrected chi connectivity index (χ2v) is 4.78. The van der Waals surface area contributed by atoms with Crippen LogP contribution in [-0.4, -0.2) is 32.2 Å². The Hall–Kier alpha value is -1.99. The molecule has 0 aliphatic carbocycles. The Kier molecular flexibility index (Phi) is 4.87. The number of ether oxygens (including phenoxy) is 2. The number of nitrogens with two attached hydrogens (primary N) is 1. The van der Waals surface area contributed by atoms with Crippen LogP contribution in [0.5, 0.6) is 0 Å². The van der Waals surface area contributed by atoms with Crippen LogP contribution in [0.1, 0.15) is 23.6 Å². The summed E-state index contributed by atoms with van der Waals surface area (Å²) in [6.07, 6.45) is 0.913. The minimum absolute atomic E-state index is 0.00281. The van der Waals surface area contributed by atoms with Gasteiger partial charge in [0.05, 0.1) is 19.8 Å². The van der Waals surface area contributed by atoms with Crippen LogP contribution in [0.2, 0.25) is 0 Å². The first-order valence-electron chi connectivity index (χ1n) is 6.53. The van der Waals surface area contributed by atoms with Crippen LogP contribution in [0.3, 0.4) is 0 Å². The summed E-state index contributed by atoms with van der Waals surface area (Å²) in [6.45, 7) is -0.232. The van der Waals surface area contributed by atoms with Gasteiger partial charge in [-0.25, -0.2) is 9.18 Å². The van der Waals surface area contributed by atoms with E-state index in [1.165, 1.54) is 13.2 Å². The molecule has 114 valence electrons. The van der Waals surface area contributed by atoms with E-state index in [0.717, 1.165) is 5.56 Å². The van der Waals surface area contributed by atoms with Gasteiger partial charge in [0, 0.05) is 17.7 Å². The van der Waals surface area contributed by atoms with Crippen LogP contribution in [0, 0.1) is 5.82 Å². The van der Waals surface area contributed by atoms with Gasteiger partial charge in [0.15, 0.2) is 0 Å². The number of benzene rings is 1. The van der Waals surface area contributed by atoms with E-state index in [1.54, 1.807) is 6.07 Å². The summed E-state index contributed by atoms with van der Waals surface area (Å²) in [5.74, 6) is -1.15. The lowest BCUT2D eigenvalue weighted by atomic mass is 9.97. The lowest BCUT2D eigenvalue weighted by Gasteiger charge is -2.20. The molecule has 1 heterocycles. The number of carbonyl (C=O) groups is 2. The van der Waals surface area contributed by atoms with Crippen molar-refractivity contribution in [3.63, 3.8) is 0 Å². The molecule has 0 aromatic heterocycles. The highest BCUT2D eigenvalue weighted by molar-refractivity contribution is 5.93. The van der Waals surface area contributed by atoms with Crippen LogP contribution in [0.25, 0.3) is 0 Å². The second-order valence-electron chi connectivity index (χ2n) is 4.78. The Balaban J connectivity index is 2.05. The Bertz CT molecular complexity index is 562. The summed E-state index contributed by atoms with van der Waals surface area (Å²) < 4.78 is 23.5. The molecule has 1 aliphatic rings. The molecule has 0 saturated carbocycles. The number of hydrogen-bond donors (Lipinski definition) is 2. The van der Waals surface area contributed by atoms with Gasteiger partial charge in [-0.05, 0) is 24.1 Å². The number of aryl methyl sites for hydroxylation is 1. The number of methoxy groups -OCH3 is 1. The summed E-state index contributed by atoms with van der Waals surface area (Å²) in [5, 5.41) is 2.62. The fraction of sp³-hybridized carbons (Fsp3) is 0.429. The topological polar surface area (TPSA) is 90.7 Å². The number of esters is 1. The first-order valence-corrected chi connectivity index (χ1v) is 6.53. The third-order valence-corrected chi connectivity index (χ3v) is 3.26. The monoisotopic (exact) mass is 296 g/mol. The van der Waals surface area contributed by atoms with E-state index in [9.17, 15) is 14.0 Å². The van der Waals surface area contributed by atoms with Gasteiger partial charge in [-0.1, -0.05) is 0 Å². The zero-order chi connectivity index (χ0) is 15.4. The molecule has 21 heavy (non-hydrogen) atoms. The summed E-state index contributed by atoms with van der Waals surface area (Å²) in [7, 11) is 1.25. The molecule has 1 aromatic carbocycles. The summed E-state index contributed by atoms with van der Waals surface area (Å²) >= 11 is 0. The van der Waals surface area contributed by atoms with Crippen molar-refractivity contribution in [1.29, 1.82) is 0 Å². The molecule has 0 saturated heterocycles. The Morgan fingerprint density at radius 1 is 1.48 bits per heavy atom. The van der Waals surface area contributed by atoms with Crippen molar-refractivity contribution in [2.45, 2.75) is 18.9 Å². The highest BCUT2D eigenvalue weighted by Crippen LogP contribution is 2.28. The van der Waals surface area contributed by atoms with Crippen molar-refractivity contribution in [3.05, 3.63) is 29.1 Å². The predicted molar refractivity (Wildman–Crippen MR) is 73.1 cm³/mol. The molecular formula is C14H17FN2O4. The van der Waals surface area contributed by atoms with Gasteiger partial charge < -0.3 is 20.5 Å². The highest BCUT2D eigenvalue weighted by atomic mass is 19.1. The van der Waals surface area contributed by atoms with Crippen molar-refractivity contribution < 1.29 is 23.5 Å². The number of rotatable bonds is 5. The first kappa shape index (κ1) is 15.4. The fourth-order valence-corrected chi connectivity index (χ4v) is 2.12.